The van der Waals surface area contributed by atoms with Crippen LogP contribution in [0.5, 0.6) is 0 Å². The molecule has 232 valence electrons. The molecule has 1 heterocycles. The summed E-state index contributed by atoms with van der Waals surface area (Å²) in [5.41, 5.74) is 5.51. The van der Waals surface area contributed by atoms with Crippen molar-refractivity contribution in [3.8, 4) is 22.3 Å². The minimum atomic E-state index is -0.738. The number of fused-ring (bicyclic) bond motifs is 1. The predicted molar refractivity (Wildman–Crippen MR) is 183 cm³/mol. The van der Waals surface area contributed by atoms with Gasteiger partial charge in [-0.3, -0.25) is 0 Å². The molecule has 5 rings (SSSR count). The Kier molecular flexibility index (Phi) is 9.14. The number of carbonyl (C=O) groups excluding carboxylic acids is 2. The highest BCUT2D eigenvalue weighted by atomic mass is 28.2. The molecule has 6 nitrogen and oxygen atoms in total. The average Bonchev–Trinajstić information content (AvgIpc) is 3.34. The van der Waals surface area contributed by atoms with Crippen molar-refractivity contribution in [1.82, 2.24) is 4.57 Å². The molecule has 0 saturated heterocycles. The maximum Gasteiger partial charge on any atom is 0.419 e. The van der Waals surface area contributed by atoms with Gasteiger partial charge in [0.1, 0.15) is 22.7 Å². The van der Waals surface area contributed by atoms with E-state index in [0.29, 0.717) is 32.6 Å². The van der Waals surface area contributed by atoms with E-state index in [0.717, 1.165) is 33.4 Å². The second kappa shape index (κ2) is 12.9. The summed E-state index contributed by atoms with van der Waals surface area (Å²) in [6.45, 7) is 12.1. The Bertz CT molecular complexity index is 1820. The van der Waals surface area contributed by atoms with Crippen molar-refractivity contribution in [3.05, 3.63) is 119 Å². The van der Waals surface area contributed by atoms with Crippen LogP contribution in [-0.4, -0.2) is 32.7 Å². The van der Waals surface area contributed by atoms with Gasteiger partial charge < -0.3 is 13.9 Å². The van der Waals surface area contributed by atoms with E-state index in [1.54, 1.807) is 4.57 Å². The summed E-state index contributed by atoms with van der Waals surface area (Å²) in [4.78, 5) is 28.7. The molecule has 0 aliphatic heterocycles. The molecular weight excluding hydrogens is 579 g/mol. The average molecular weight is 620 g/mol. The van der Waals surface area contributed by atoms with Crippen molar-refractivity contribution in [3.63, 3.8) is 0 Å². The molecule has 0 aliphatic rings. The quantitative estimate of drug-likeness (QED) is 0.136. The maximum atomic E-state index is 14.6. The number of nitrogens with zero attached hydrogens (tertiary/aromatic N) is 1. The highest BCUT2D eigenvalue weighted by Gasteiger charge is 2.36. The number of benzene rings is 4. The van der Waals surface area contributed by atoms with E-state index in [1.807, 2.05) is 118 Å². The molecule has 0 saturated carbocycles. The fourth-order valence-corrected chi connectivity index (χ4v) is 6.12. The van der Waals surface area contributed by atoms with Gasteiger partial charge in [0.25, 0.3) is 0 Å². The van der Waals surface area contributed by atoms with E-state index in [2.05, 4.69) is 20.8 Å². The van der Waals surface area contributed by atoms with Crippen LogP contribution in [0.3, 0.4) is 0 Å². The summed E-state index contributed by atoms with van der Waals surface area (Å²) >= 11 is 0. The van der Waals surface area contributed by atoms with Crippen LogP contribution in [0.25, 0.3) is 33.2 Å². The first kappa shape index (κ1) is 31.9. The van der Waals surface area contributed by atoms with E-state index in [-0.39, 0.29) is 13.2 Å². The van der Waals surface area contributed by atoms with Gasteiger partial charge in [-0.05, 0) is 60.1 Å². The van der Waals surface area contributed by atoms with E-state index < -0.39 is 23.1 Å². The van der Waals surface area contributed by atoms with Gasteiger partial charge >= 0.3 is 12.1 Å². The lowest BCUT2D eigenvalue weighted by Crippen LogP contribution is -2.28. The first-order valence-corrected chi connectivity index (χ1v) is 16.0. The minimum Gasteiger partial charge on any atom is -0.457 e. The topological polar surface area (TPSA) is 66.8 Å². The molecule has 0 unspecified atom stereocenters. The second-order valence-electron chi connectivity index (χ2n) is 13.2. The first-order chi connectivity index (χ1) is 21.4. The van der Waals surface area contributed by atoms with Crippen LogP contribution >= 0.6 is 0 Å². The smallest absolute Gasteiger partial charge is 0.419 e. The van der Waals surface area contributed by atoms with Crippen molar-refractivity contribution >= 4 is 33.5 Å². The fraction of sp³-hybridized carbons (Fsp3) is 0.263. The summed E-state index contributed by atoms with van der Waals surface area (Å²) in [5.74, 6) is -0.467. The number of hydrogen-bond donors (Lipinski definition) is 0. The molecule has 0 bridgehead atoms. The molecule has 0 radical (unpaired) electrons. The van der Waals surface area contributed by atoms with Gasteiger partial charge in [-0.15, -0.1) is 0 Å². The van der Waals surface area contributed by atoms with Gasteiger partial charge in [-0.2, -0.15) is 0 Å². The third-order valence-electron chi connectivity index (χ3n) is 7.53. The van der Waals surface area contributed by atoms with Gasteiger partial charge in [0, 0.05) is 10.9 Å². The lowest BCUT2D eigenvalue weighted by atomic mass is 9.80. The van der Waals surface area contributed by atoms with Gasteiger partial charge in [0.15, 0.2) is 0 Å². The predicted octanol–water partition coefficient (Wildman–Crippen LogP) is 8.21. The molecule has 7 heteroatoms. The van der Waals surface area contributed by atoms with Crippen LogP contribution in [0, 0.1) is 0 Å². The molecule has 4 aromatic carbocycles. The lowest BCUT2D eigenvalue weighted by Gasteiger charge is -2.24. The standard InChI is InChI=1S/C38H41NO5Si/c1-37(2,3)34-30(24-43-45)39(36(41)44-38(4,5)6)29-22-28(26-18-12-8-13-19-26)31(27-20-14-9-15-21-27)33(32(29)34)35(40)42-23-25-16-10-7-11-17-25/h7-22H,23-24H2,1-6,45H3. The van der Waals surface area contributed by atoms with Crippen molar-refractivity contribution < 1.29 is 23.5 Å². The van der Waals surface area contributed by atoms with Crippen molar-refractivity contribution in [2.45, 2.75) is 65.8 Å². The van der Waals surface area contributed by atoms with Gasteiger partial charge in [0.2, 0.25) is 0 Å². The van der Waals surface area contributed by atoms with Crippen molar-refractivity contribution in [2.75, 3.05) is 0 Å². The van der Waals surface area contributed by atoms with Crippen molar-refractivity contribution in [1.29, 1.82) is 0 Å². The largest absolute Gasteiger partial charge is 0.457 e. The Morgan fingerprint density at radius 3 is 1.84 bits per heavy atom. The summed E-state index contributed by atoms with van der Waals surface area (Å²) in [6.07, 6.45) is -0.521. The fourth-order valence-electron chi connectivity index (χ4n) is 5.85. The Hall–Kier alpha value is -4.46. The third-order valence-corrected chi connectivity index (χ3v) is 7.82. The number of esters is 1. The van der Waals surface area contributed by atoms with Crippen LogP contribution in [0.2, 0.25) is 0 Å². The molecule has 0 fully saturated rings. The number of carbonyl (C=O) groups is 2. The monoisotopic (exact) mass is 619 g/mol. The lowest BCUT2D eigenvalue weighted by molar-refractivity contribution is 0.0473. The second-order valence-corrected chi connectivity index (χ2v) is 13.8. The maximum absolute atomic E-state index is 14.6. The van der Waals surface area contributed by atoms with E-state index in [4.69, 9.17) is 13.9 Å². The highest BCUT2D eigenvalue weighted by Crippen LogP contribution is 2.46. The summed E-state index contributed by atoms with van der Waals surface area (Å²) in [5, 5.41) is 0.665. The Morgan fingerprint density at radius 1 is 0.756 bits per heavy atom. The van der Waals surface area contributed by atoms with E-state index in [9.17, 15) is 9.59 Å². The molecule has 0 aliphatic carbocycles. The first-order valence-electron chi connectivity index (χ1n) is 15.2. The van der Waals surface area contributed by atoms with E-state index in [1.165, 1.54) is 0 Å². The zero-order valence-corrected chi connectivity index (χ0v) is 29.1. The normalized spacial score (nSPS) is 12.0. The SMILES string of the molecule is CC(C)(C)OC(=O)n1c(CO[SiH3])c(C(C)(C)C)c2c(C(=O)OCc3ccccc3)c(-c3ccccc3)c(-c3ccccc3)cc21. The highest BCUT2D eigenvalue weighted by molar-refractivity contribution is 6.16. The number of aromatic nitrogens is 1. The Morgan fingerprint density at radius 2 is 1.31 bits per heavy atom. The van der Waals surface area contributed by atoms with Crippen molar-refractivity contribution in [2.24, 2.45) is 0 Å². The van der Waals surface area contributed by atoms with E-state index >= 15 is 0 Å². The van der Waals surface area contributed by atoms with Crippen LogP contribution in [0.15, 0.2) is 97.1 Å². The summed E-state index contributed by atoms with van der Waals surface area (Å²) < 4.78 is 19.5. The van der Waals surface area contributed by atoms with Gasteiger partial charge in [-0.25, -0.2) is 14.2 Å². The number of hydrogen-bond acceptors (Lipinski definition) is 5. The summed E-state index contributed by atoms with van der Waals surface area (Å²) in [7, 11) is 0.466. The van der Waals surface area contributed by atoms with Gasteiger partial charge in [0.05, 0.1) is 23.4 Å². The third kappa shape index (κ3) is 6.80. The Balaban J connectivity index is 1.96. The molecule has 0 N–H and O–H groups in total. The molecule has 0 atom stereocenters. The zero-order chi connectivity index (χ0) is 32.4. The molecule has 0 amide bonds. The molecular formula is C38H41NO5Si. The minimum absolute atomic E-state index is 0.110. The van der Waals surface area contributed by atoms with Crippen LogP contribution in [0.1, 0.15) is 68.7 Å². The Labute approximate surface area is 268 Å². The van der Waals surface area contributed by atoms with Crippen LogP contribution in [-0.2, 0) is 32.5 Å². The number of rotatable bonds is 7. The molecule has 1 aromatic heterocycles. The summed E-state index contributed by atoms with van der Waals surface area (Å²) in [6, 6.07) is 31.5. The van der Waals surface area contributed by atoms with Gasteiger partial charge in [-0.1, -0.05) is 112 Å². The molecule has 0 spiro atoms. The van der Waals surface area contributed by atoms with Crippen LogP contribution < -0.4 is 0 Å². The molecule has 5 aromatic rings. The zero-order valence-electron chi connectivity index (χ0n) is 27.1. The van der Waals surface area contributed by atoms with Crippen LogP contribution in [0.4, 0.5) is 4.79 Å². The number of ether oxygens (including phenoxy) is 2. The molecule has 45 heavy (non-hydrogen) atoms.